The molecule has 0 unspecified atom stereocenters. The number of rotatable bonds is 6. The van der Waals surface area contributed by atoms with Crippen molar-refractivity contribution in [3.63, 3.8) is 0 Å². The zero-order valence-corrected chi connectivity index (χ0v) is 15.9. The van der Waals surface area contributed by atoms with Crippen LogP contribution in [0.3, 0.4) is 0 Å². The quantitative estimate of drug-likeness (QED) is 0.616. The number of nitrogens with zero attached hydrogens (tertiary/aromatic N) is 3. The van der Waals surface area contributed by atoms with Gasteiger partial charge in [0.2, 0.25) is 16.9 Å². The third-order valence-corrected chi connectivity index (χ3v) is 4.63. The van der Waals surface area contributed by atoms with Crippen molar-refractivity contribution in [2.75, 3.05) is 14.2 Å². The Hall–Kier alpha value is -2.84. The largest absolute Gasteiger partial charge is 0.481 e. The van der Waals surface area contributed by atoms with Crippen molar-refractivity contribution in [2.24, 2.45) is 0 Å². The molecule has 0 spiro atoms. The van der Waals surface area contributed by atoms with E-state index < -0.39 is 5.97 Å². The Morgan fingerprint density at radius 1 is 1.11 bits per heavy atom. The predicted molar refractivity (Wildman–Crippen MR) is 101 cm³/mol. The third-order valence-electron chi connectivity index (χ3n) is 3.53. The van der Waals surface area contributed by atoms with Gasteiger partial charge in [-0.1, -0.05) is 23.7 Å². The van der Waals surface area contributed by atoms with Crippen LogP contribution in [0.15, 0.2) is 52.8 Å². The average molecular weight is 404 g/mol. The first-order valence-corrected chi connectivity index (χ1v) is 8.84. The summed E-state index contributed by atoms with van der Waals surface area (Å²) in [5.41, 5.74) is 1.21. The minimum Gasteiger partial charge on any atom is -0.481 e. The molecule has 9 heteroatoms. The van der Waals surface area contributed by atoms with Gasteiger partial charge in [0.15, 0.2) is 0 Å². The normalized spacial score (nSPS) is 10.5. The second-order valence-electron chi connectivity index (χ2n) is 5.19. The van der Waals surface area contributed by atoms with Crippen molar-refractivity contribution in [3.8, 4) is 22.9 Å². The van der Waals surface area contributed by atoms with Gasteiger partial charge in [-0.05, 0) is 35.5 Å². The van der Waals surface area contributed by atoms with E-state index in [1.54, 1.807) is 30.3 Å². The van der Waals surface area contributed by atoms with Crippen LogP contribution in [0.1, 0.15) is 10.4 Å². The first-order chi connectivity index (χ1) is 13.0. The van der Waals surface area contributed by atoms with Crippen LogP contribution in [0, 0.1) is 0 Å². The number of ether oxygens (including phenoxy) is 2. The third kappa shape index (κ3) is 4.29. The van der Waals surface area contributed by atoms with Crippen molar-refractivity contribution in [1.82, 2.24) is 15.0 Å². The molecule has 0 amide bonds. The van der Waals surface area contributed by atoms with E-state index in [1.165, 1.54) is 26.5 Å². The van der Waals surface area contributed by atoms with Gasteiger partial charge >= 0.3 is 5.97 Å². The Morgan fingerprint density at radius 2 is 1.81 bits per heavy atom. The van der Waals surface area contributed by atoms with Gasteiger partial charge in [-0.15, -0.1) is 0 Å². The number of methoxy groups -OCH3 is 2. The number of aromatic nitrogens is 3. The molecule has 0 radical (unpaired) electrons. The van der Waals surface area contributed by atoms with E-state index in [0.717, 1.165) is 11.8 Å². The molecule has 138 valence electrons. The molecule has 0 aliphatic carbocycles. The number of benzene rings is 1. The van der Waals surface area contributed by atoms with Crippen LogP contribution in [0.4, 0.5) is 0 Å². The number of hydrogen-bond donors (Lipinski definition) is 1. The fraction of sp³-hybridized carbons (Fsp3) is 0.111. The number of pyridine rings is 1. The van der Waals surface area contributed by atoms with Gasteiger partial charge in [-0.2, -0.15) is 9.97 Å². The maximum Gasteiger partial charge on any atom is 0.339 e. The maximum absolute atomic E-state index is 12.0. The first-order valence-electron chi connectivity index (χ1n) is 7.65. The molecule has 1 N–H and O–H groups in total. The van der Waals surface area contributed by atoms with Gasteiger partial charge in [-0.3, -0.25) is 0 Å². The van der Waals surface area contributed by atoms with Crippen LogP contribution < -0.4 is 9.47 Å². The highest BCUT2D eigenvalue weighted by molar-refractivity contribution is 7.99. The Kier molecular flexibility index (Phi) is 5.78. The van der Waals surface area contributed by atoms with E-state index >= 15 is 0 Å². The maximum atomic E-state index is 12.0. The van der Waals surface area contributed by atoms with Crippen molar-refractivity contribution in [2.45, 2.75) is 10.2 Å². The number of hydrogen-bond acceptors (Lipinski definition) is 7. The van der Waals surface area contributed by atoms with Crippen molar-refractivity contribution >= 4 is 29.3 Å². The van der Waals surface area contributed by atoms with E-state index in [9.17, 15) is 9.90 Å². The zero-order chi connectivity index (χ0) is 19.4. The highest BCUT2D eigenvalue weighted by Gasteiger charge is 2.20. The summed E-state index contributed by atoms with van der Waals surface area (Å²) in [5, 5.41) is 10.8. The smallest absolute Gasteiger partial charge is 0.339 e. The van der Waals surface area contributed by atoms with Gasteiger partial charge in [0.25, 0.3) is 0 Å². The molecule has 0 atom stereocenters. The Morgan fingerprint density at radius 3 is 2.41 bits per heavy atom. The molecule has 0 fully saturated rings. The number of aromatic carboxylic acids is 1. The van der Waals surface area contributed by atoms with Crippen LogP contribution in [0.25, 0.3) is 11.1 Å². The summed E-state index contributed by atoms with van der Waals surface area (Å²) < 4.78 is 10.2. The molecule has 3 rings (SSSR count). The lowest BCUT2D eigenvalue weighted by molar-refractivity contribution is 0.0693. The van der Waals surface area contributed by atoms with Crippen LogP contribution in [-0.2, 0) is 0 Å². The summed E-state index contributed by atoms with van der Waals surface area (Å²) in [5.74, 6) is -0.519. The van der Waals surface area contributed by atoms with Crippen molar-refractivity contribution < 1.29 is 19.4 Å². The first kappa shape index (κ1) is 18.9. The summed E-state index contributed by atoms with van der Waals surface area (Å²) >= 11 is 7.05. The van der Waals surface area contributed by atoms with Gasteiger partial charge < -0.3 is 14.6 Å². The topological polar surface area (TPSA) is 94.4 Å². The molecular weight excluding hydrogens is 390 g/mol. The standard InChI is InChI=1S/C18H14ClN3O4S/c1-25-13-9-14(26-2)22-18(21-13)27-16-15(17(23)24)12(6-7-20-16)10-4-3-5-11(19)8-10/h3-9H,1-2H3,(H,23,24). The molecule has 3 aromatic rings. The molecular formula is C18H14ClN3O4S. The Labute approximate surface area is 164 Å². The van der Waals surface area contributed by atoms with Gasteiger partial charge in [0.05, 0.1) is 25.8 Å². The molecule has 0 aliphatic heterocycles. The summed E-state index contributed by atoms with van der Waals surface area (Å²) in [6, 6.07) is 10.1. The summed E-state index contributed by atoms with van der Waals surface area (Å²) in [4.78, 5) is 24.6. The number of carboxylic acids is 1. The minimum atomic E-state index is -1.12. The SMILES string of the molecule is COc1cc(OC)nc(Sc2nccc(-c3cccc(Cl)c3)c2C(=O)O)n1. The average Bonchev–Trinajstić information content (AvgIpc) is 2.67. The number of carboxylic acid groups (broad SMARTS) is 1. The number of halogens is 1. The highest BCUT2D eigenvalue weighted by atomic mass is 35.5. The lowest BCUT2D eigenvalue weighted by atomic mass is 10.0. The number of carbonyl (C=O) groups is 1. The van der Waals surface area contributed by atoms with Crippen molar-refractivity contribution in [3.05, 3.63) is 53.2 Å². The molecule has 2 aromatic heterocycles. The molecule has 2 heterocycles. The Bertz CT molecular complexity index is 978. The highest BCUT2D eigenvalue weighted by Crippen LogP contribution is 2.34. The van der Waals surface area contributed by atoms with E-state index in [-0.39, 0.29) is 15.7 Å². The lowest BCUT2D eigenvalue weighted by Crippen LogP contribution is -2.05. The van der Waals surface area contributed by atoms with Gasteiger partial charge in [0, 0.05) is 16.8 Å². The Balaban J connectivity index is 2.09. The van der Waals surface area contributed by atoms with E-state index in [2.05, 4.69) is 15.0 Å². The summed E-state index contributed by atoms with van der Waals surface area (Å²) in [7, 11) is 2.94. The minimum absolute atomic E-state index is 0.0372. The fourth-order valence-corrected chi connectivity index (χ4v) is 3.40. The second-order valence-corrected chi connectivity index (χ2v) is 6.58. The monoisotopic (exact) mass is 403 g/mol. The van der Waals surface area contributed by atoms with Crippen LogP contribution in [-0.4, -0.2) is 40.2 Å². The lowest BCUT2D eigenvalue weighted by Gasteiger charge is -2.11. The molecule has 0 aliphatic rings. The second kappa shape index (κ2) is 8.24. The van der Waals surface area contributed by atoms with Crippen LogP contribution >= 0.6 is 23.4 Å². The molecule has 0 bridgehead atoms. The van der Waals surface area contributed by atoms with Gasteiger partial charge in [-0.25, -0.2) is 9.78 Å². The molecule has 1 aromatic carbocycles. The summed E-state index contributed by atoms with van der Waals surface area (Å²) in [6.07, 6.45) is 1.53. The predicted octanol–water partition coefficient (Wildman–Crippen LogP) is 4.06. The van der Waals surface area contributed by atoms with Crippen molar-refractivity contribution in [1.29, 1.82) is 0 Å². The van der Waals surface area contributed by atoms with Crippen LogP contribution in [0.2, 0.25) is 5.02 Å². The molecule has 27 heavy (non-hydrogen) atoms. The molecule has 0 saturated carbocycles. The van der Waals surface area contributed by atoms with Gasteiger partial charge in [0.1, 0.15) is 5.03 Å². The van der Waals surface area contributed by atoms with Crippen LogP contribution in [0.5, 0.6) is 11.8 Å². The molecule has 0 saturated heterocycles. The molecule has 7 nitrogen and oxygen atoms in total. The zero-order valence-electron chi connectivity index (χ0n) is 14.3. The van der Waals surface area contributed by atoms with E-state index in [0.29, 0.717) is 27.9 Å². The van der Waals surface area contributed by atoms with E-state index in [1.807, 2.05) is 0 Å². The summed E-state index contributed by atoms with van der Waals surface area (Å²) in [6.45, 7) is 0. The fourth-order valence-electron chi connectivity index (χ4n) is 2.35. The van der Waals surface area contributed by atoms with E-state index in [4.69, 9.17) is 21.1 Å².